The first-order chi connectivity index (χ1) is 9.70. The predicted octanol–water partition coefficient (Wildman–Crippen LogP) is 3.45. The number of nitrogens with zero attached hydrogens (tertiary/aromatic N) is 1. The molecule has 0 radical (unpaired) electrons. The Morgan fingerprint density at radius 3 is 2.60 bits per heavy atom. The van der Waals surface area contributed by atoms with Crippen LogP contribution in [-0.4, -0.2) is 11.6 Å². The molecular formula is C16H19FN2O. The summed E-state index contributed by atoms with van der Waals surface area (Å²) in [6.45, 7) is 2.84. The number of hydrogen-bond donors (Lipinski definition) is 1. The monoisotopic (exact) mass is 274 g/mol. The minimum atomic E-state index is -0.386. The number of halogens is 1. The third kappa shape index (κ3) is 3.78. The van der Waals surface area contributed by atoms with E-state index in [4.69, 9.17) is 10.5 Å². The molecule has 2 aromatic rings. The van der Waals surface area contributed by atoms with E-state index in [9.17, 15) is 4.39 Å². The molecule has 0 aliphatic heterocycles. The largest absolute Gasteiger partial charge is 0.494 e. The summed E-state index contributed by atoms with van der Waals surface area (Å²) in [4.78, 5) is 3.82. The van der Waals surface area contributed by atoms with E-state index in [0.29, 0.717) is 5.56 Å². The normalized spacial score (nSPS) is 12.2. The lowest BCUT2D eigenvalue weighted by Gasteiger charge is -2.13. The van der Waals surface area contributed by atoms with Gasteiger partial charge in [-0.2, -0.15) is 0 Å². The highest BCUT2D eigenvalue weighted by Crippen LogP contribution is 2.22. The molecule has 0 aliphatic carbocycles. The molecule has 3 nitrogen and oxygen atoms in total. The van der Waals surface area contributed by atoms with E-state index in [1.165, 1.54) is 12.3 Å². The fraction of sp³-hybridized carbons (Fsp3) is 0.312. The molecule has 1 unspecified atom stereocenters. The molecule has 0 amide bonds. The number of pyridine rings is 1. The van der Waals surface area contributed by atoms with E-state index in [2.05, 4.69) is 11.9 Å². The summed E-state index contributed by atoms with van der Waals surface area (Å²) in [6.07, 6.45) is 4.89. The minimum Gasteiger partial charge on any atom is -0.494 e. The van der Waals surface area contributed by atoms with Crippen molar-refractivity contribution in [2.45, 2.75) is 25.8 Å². The van der Waals surface area contributed by atoms with Crippen LogP contribution in [0.1, 0.15) is 36.9 Å². The Bertz CT molecular complexity index is 542. The Morgan fingerprint density at radius 2 is 1.95 bits per heavy atom. The minimum absolute atomic E-state index is 0.377. The van der Waals surface area contributed by atoms with Crippen LogP contribution in [0.2, 0.25) is 0 Å². The van der Waals surface area contributed by atoms with Crippen molar-refractivity contribution in [2.75, 3.05) is 6.61 Å². The Balaban J connectivity index is 2.05. The molecule has 0 aliphatic rings. The standard InChI is InChI=1S/C16H19FN2O/c1-2-3-8-20-15-6-4-12(5-7-15)16(18)13-9-14(17)11-19-10-13/h4-7,9-11,16H,2-3,8,18H2,1H3. The lowest BCUT2D eigenvalue weighted by atomic mass is 10.0. The van der Waals surface area contributed by atoms with Gasteiger partial charge in [-0.25, -0.2) is 4.39 Å². The van der Waals surface area contributed by atoms with E-state index < -0.39 is 0 Å². The second-order valence-corrected chi connectivity index (χ2v) is 4.69. The van der Waals surface area contributed by atoms with Crippen molar-refractivity contribution in [1.29, 1.82) is 0 Å². The molecule has 1 atom stereocenters. The van der Waals surface area contributed by atoms with Crippen molar-refractivity contribution in [3.63, 3.8) is 0 Å². The summed E-state index contributed by atoms with van der Waals surface area (Å²) in [6, 6.07) is 8.59. The number of nitrogens with two attached hydrogens (primary N) is 1. The van der Waals surface area contributed by atoms with Crippen molar-refractivity contribution < 1.29 is 9.13 Å². The van der Waals surface area contributed by atoms with E-state index in [0.717, 1.165) is 30.8 Å². The molecule has 0 saturated carbocycles. The van der Waals surface area contributed by atoms with Crippen molar-refractivity contribution in [3.8, 4) is 5.75 Å². The molecule has 2 rings (SSSR count). The zero-order chi connectivity index (χ0) is 14.4. The van der Waals surface area contributed by atoms with E-state index in [-0.39, 0.29) is 11.9 Å². The van der Waals surface area contributed by atoms with Gasteiger partial charge in [0, 0.05) is 6.20 Å². The van der Waals surface area contributed by atoms with Crippen molar-refractivity contribution in [3.05, 3.63) is 59.7 Å². The quantitative estimate of drug-likeness (QED) is 0.821. The van der Waals surface area contributed by atoms with Gasteiger partial charge in [0.05, 0.1) is 18.8 Å². The Morgan fingerprint density at radius 1 is 1.20 bits per heavy atom. The summed E-state index contributed by atoms with van der Waals surface area (Å²) in [5, 5.41) is 0. The number of ether oxygens (including phenoxy) is 1. The molecule has 20 heavy (non-hydrogen) atoms. The van der Waals surface area contributed by atoms with Crippen LogP contribution in [0.25, 0.3) is 0 Å². The van der Waals surface area contributed by atoms with Crippen LogP contribution in [0, 0.1) is 5.82 Å². The number of unbranched alkanes of at least 4 members (excludes halogenated alkanes) is 1. The average molecular weight is 274 g/mol. The van der Waals surface area contributed by atoms with Gasteiger partial charge >= 0.3 is 0 Å². The Labute approximate surface area is 118 Å². The molecule has 0 fully saturated rings. The van der Waals surface area contributed by atoms with Crippen LogP contribution in [-0.2, 0) is 0 Å². The fourth-order valence-corrected chi connectivity index (χ4v) is 1.90. The smallest absolute Gasteiger partial charge is 0.141 e. The Kier molecular flexibility index (Phi) is 5.07. The van der Waals surface area contributed by atoms with Crippen LogP contribution in [0.15, 0.2) is 42.7 Å². The fourth-order valence-electron chi connectivity index (χ4n) is 1.90. The van der Waals surface area contributed by atoms with Gasteiger partial charge in [-0.1, -0.05) is 25.5 Å². The number of aromatic nitrogens is 1. The third-order valence-electron chi connectivity index (χ3n) is 3.09. The second-order valence-electron chi connectivity index (χ2n) is 4.69. The van der Waals surface area contributed by atoms with Gasteiger partial charge < -0.3 is 10.5 Å². The van der Waals surface area contributed by atoms with Crippen LogP contribution in [0.4, 0.5) is 4.39 Å². The van der Waals surface area contributed by atoms with Gasteiger partial charge in [-0.15, -0.1) is 0 Å². The van der Waals surface area contributed by atoms with Gasteiger partial charge in [-0.3, -0.25) is 4.98 Å². The van der Waals surface area contributed by atoms with Crippen LogP contribution in [0.3, 0.4) is 0 Å². The molecule has 106 valence electrons. The highest BCUT2D eigenvalue weighted by atomic mass is 19.1. The first-order valence-electron chi connectivity index (χ1n) is 6.79. The average Bonchev–Trinajstić information content (AvgIpc) is 2.47. The van der Waals surface area contributed by atoms with Crippen molar-refractivity contribution in [2.24, 2.45) is 5.73 Å². The molecule has 2 N–H and O–H groups in total. The number of hydrogen-bond acceptors (Lipinski definition) is 3. The van der Waals surface area contributed by atoms with Gasteiger partial charge in [0.2, 0.25) is 0 Å². The SMILES string of the molecule is CCCCOc1ccc(C(N)c2cncc(F)c2)cc1. The summed E-state index contributed by atoms with van der Waals surface area (Å²) in [5.41, 5.74) is 7.67. The van der Waals surface area contributed by atoms with Gasteiger partial charge in [0.1, 0.15) is 11.6 Å². The van der Waals surface area contributed by atoms with Gasteiger partial charge in [0.25, 0.3) is 0 Å². The van der Waals surface area contributed by atoms with Crippen molar-refractivity contribution >= 4 is 0 Å². The van der Waals surface area contributed by atoms with Crippen LogP contribution < -0.4 is 10.5 Å². The zero-order valence-corrected chi connectivity index (χ0v) is 11.6. The maximum Gasteiger partial charge on any atom is 0.141 e. The van der Waals surface area contributed by atoms with Crippen molar-refractivity contribution in [1.82, 2.24) is 4.98 Å². The topological polar surface area (TPSA) is 48.1 Å². The summed E-state index contributed by atoms with van der Waals surface area (Å²) >= 11 is 0. The maximum atomic E-state index is 13.1. The molecule has 0 saturated heterocycles. The maximum absolute atomic E-state index is 13.1. The summed E-state index contributed by atoms with van der Waals surface area (Å²) in [7, 11) is 0. The van der Waals surface area contributed by atoms with Crippen LogP contribution >= 0.6 is 0 Å². The van der Waals surface area contributed by atoms with E-state index in [1.807, 2.05) is 24.3 Å². The Hall–Kier alpha value is -1.94. The molecule has 1 aromatic carbocycles. The third-order valence-corrected chi connectivity index (χ3v) is 3.09. The first-order valence-corrected chi connectivity index (χ1v) is 6.79. The molecular weight excluding hydrogens is 255 g/mol. The zero-order valence-electron chi connectivity index (χ0n) is 11.6. The first kappa shape index (κ1) is 14.5. The molecule has 1 aromatic heterocycles. The van der Waals surface area contributed by atoms with Crippen LogP contribution in [0.5, 0.6) is 5.75 Å². The van der Waals surface area contributed by atoms with E-state index >= 15 is 0 Å². The molecule has 4 heteroatoms. The molecule has 1 heterocycles. The predicted molar refractivity (Wildman–Crippen MR) is 77.1 cm³/mol. The highest BCUT2D eigenvalue weighted by Gasteiger charge is 2.10. The van der Waals surface area contributed by atoms with E-state index in [1.54, 1.807) is 6.20 Å². The van der Waals surface area contributed by atoms with Gasteiger partial charge in [0.15, 0.2) is 0 Å². The summed E-state index contributed by atoms with van der Waals surface area (Å²) in [5.74, 6) is 0.448. The number of benzene rings is 1. The second kappa shape index (κ2) is 7.01. The molecule has 0 spiro atoms. The summed E-state index contributed by atoms with van der Waals surface area (Å²) < 4.78 is 18.7. The highest BCUT2D eigenvalue weighted by molar-refractivity contribution is 5.34. The lowest BCUT2D eigenvalue weighted by Crippen LogP contribution is -2.12. The number of rotatable bonds is 6. The lowest BCUT2D eigenvalue weighted by molar-refractivity contribution is 0.309. The molecule has 0 bridgehead atoms. The van der Waals surface area contributed by atoms with Gasteiger partial charge in [-0.05, 0) is 35.7 Å².